The van der Waals surface area contributed by atoms with Gasteiger partial charge in [-0.1, -0.05) is 41.9 Å². The monoisotopic (exact) mass is 323 g/mol. The Hall–Kier alpha value is -0.830. The maximum Gasteiger partial charge on any atom is 0.227 e. The van der Waals surface area contributed by atoms with E-state index in [0.29, 0.717) is 11.2 Å². The number of aryl methyl sites for hydroxylation is 1. The van der Waals surface area contributed by atoms with Gasteiger partial charge < -0.3 is 4.90 Å². The molecule has 1 heterocycles. The first-order chi connectivity index (χ1) is 8.99. The molecule has 2 rings (SSSR count). The van der Waals surface area contributed by atoms with E-state index in [-0.39, 0.29) is 5.91 Å². The van der Waals surface area contributed by atoms with Crippen LogP contribution in [0.15, 0.2) is 18.2 Å². The van der Waals surface area contributed by atoms with Crippen LogP contribution in [0.1, 0.15) is 49.1 Å². The topological polar surface area (TPSA) is 20.3 Å². The molecular weight excluding hydrogens is 302 g/mol. The standard InChI is InChI=1S/C16H22BrNO/c1-11(2)4-7-14(17)12-5-8-15-13(10-12)6-9-16(19)18(15)3/h5,8,10-11,14H,4,6-7,9H2,1-3H3. The molecule has 1 aromatic rings. The van der Waals surface area contributed by atoms with Crippen molar-refractivity contribution in [2.75, 3.05) is 11.9 Å². The Morgan fingerprint density at radius 3 is 2.68 bits per heavy atom. The highest BCUT2D eigenvalue weighted by Gasteiger charge is 2.21. The van der Waals surface area contributed by atoms with E-state index in [1.54, 1.807) is 4.90 Å². The number of fused-ring (bicyclic) bond motifs is 1. The molecule has 3 heteroatoms. The van der Waals surface area contributed by atoms with Crippen LogP contribution in [-0.4, -0.2) is 13.0 Å². The van der Waals surface area contributed by atoms with Crippen LogP contribution in [0.5, 0.6) is 0 Å². The molecular formula is C16H22BrNO. The molecule has 0 spiro atoms. The molecule has 19 heavy (non-hydrogen) atoms. The first-order valence-corrected chi connectivity index (χ1v) is 7.94. The zero-order valence-electron chi connectivity index (χ0n) is 11.9. The summed E-state index contributed by atoms with van der Waals surface area (Å²) in [5.74, 6) is 0.955. The van der Waals surface area contributed by atoms with E-state index in [0.717, 1.165) is 24.4 Å². The fourth-order valence-corrected chi connectivity index (χ4v) is 3.07. The fraction of sp³-hybridized carbons (Fsp3) is 0.562. The maximum absolute atomic E-state index is 11.7. The lowest BCUT2D eigenvalue weighted by Crippen LogP contribution is -2.31. The largest absolute Gasteiger partial charge is 0.315 e. The second kappa shape index (κ2) is 6.08. The predicted octanol–water partition coefficient (Wildman–Crippen LogP) is 4.47. The number of carbonyl (C=O) groups is 1. The number of nitrogens with zero attached hydrogens (tertiary/aromatic N) is 1. The molecule has 0 saturated heterocycles. The van der Waals surface area contributed by atoms with E-state index < -0.39 is 0 Å². The third-order valence-electron chi connectivity index (χ3n) is 3.81. The van der Waals surface area contributed by atoms with Gasteiger partial charge in [0.1, 0.15) is 0 Å². The lowest BCUT2D eigenvalue weighted by atomic mass is 9.96. The number of hydrogen-bond donors (Lipinski definition) is 0. The molecule has 104 valence electrons. The van der Waals surface area contributed by atoms with Crippen molar-refractivity contribution in [1.29, 1.82) is 0 Å². The van der Waals surface area contributed by atoms with E-state index >= 15 is 0 Å². The summed E-state index contributed by atoms with van der Waals surface area (Å²) in [6.45, 7) is 4.51. The summed E-state index contributed by atoms with van der Waals surface area (Å²) < 4.78 is 0. The van der Waals surface area contributed by atoms with Crippen LogP contribution < -0.4 is 4.90 Å². The average molecular weight is 324 g/mol. The second-order valence-electron chi connectivity index (χ2n) is 5.78. The van der Waals surface area contributed by atoms with Gasteiger partial charge in [-0.2, -0.15) is 0 Å². The molecule has 0 N–H and O–H groups in total. The van der Waals surface area contributed by atoms with E-state index in [2.05, 4.69) is 48.0 Å². The van der Waals surface area contributed by atoms with Crippen LogP contribution in [0.2, 0.25) is 0 Å². The van der Waals surface area contributed by atoms with Crippen molar-refractivity contribution in [2.24, 2.45) is 5.92 Å². The van der Waals surface area contributed by atoms with Gasteiger partial charge in [-0.05, 0) is 42.4 Å². The number of benzene rings is 1. The molecule has 1 atom stereocenters. The van der Waals surface area contributed by atoms with E-state index in [1.165, 1.54) is 17.5 Å². The SMILES string of the molecule is CC(C)CCC(Br)c1ccc2c(c1)CCC(=O)N2C. The number of alkyl halides is 1. The van der Waals surface area contributed by atoms with E-state index in [1.807, 2.05) is 7.05 Å². The summed E-state index contributed by atoms with van der Waals surface area (Å²) in [6.07, 6.45) is 3.89. The van der Waals surface area contributed by atoms with Gasteiger partial charge in [-0.25, -0.2) is 0 Å². The highest BCUT2D eigenvalue weighted by molar-refractivity contribution is 9.09. The third-order valence-corrected chi connectivity index (χ3v) is 4.79. The number of hydrogen-bond acceptors (Lipinski definition) is 1. The lowest BCUT2D eigenvalue weighted by molar-refractivity contribution is -0.118. The summed E-state index contributed by atoms with van der Waals surface area (Å²) >= 11 is 3.79. The molecule has 2 nitrogen and oxygen atoms in total. The summed E-state index contributed by atoms with van der Waals surface area (Å²) in [7, 11) is 1.87. The van der Waals surface area contributed by atoms with Gasteiger partial charge in [0.05, 0.1) is 0 Å². The van der Waals surface area contributed by atoms with E-state index in [9.17, 15) is 4.79 Å². The molecule has 1 amide bonds. The average Bonchev–Trinajstić information content (AvgIpc) is 2.40. The molecule has 0 bridgehead atoms. The van der Waals surface area contributed by atoms with Crippen LogP contribution in [-0.2, 0) is 11.2 Å². The number of carbonyl (C=O) groups excluding carboxylic acids is 1. The molecule has 0 saturated carbocycles. The van der Waals surface area contributed by atoms with Crippen molar-refractivity contribution in [3.8, 4) is 0 Å². The quantitative estimate of drug-likeness (QED) is 0.749. The van der Waals surface area contributed by atoms with Crippen molar-refractivity contribution in [2.45, 2.75) is 44.4 Å². The van der Waals surface area contributed by atoms with Crippen LogP contribution in [0, 0.1) is 5.92 Å². The molecule has 0 aromatic heterocycles. The maximum atomic E-state index is 11.7. The Bertz CT molecular complexity index is 470. The van der Waals surface area contributed by atoms with Gasteiger partial charge >= 0.3 is 0 Å². The fourth-order valence-electron chi connectivity index (χ4n) is 2.52. The minimum absolute atomic E-state index is 0.218. The Balaban J connectivity index is 2.15. The van der Waals surface area contributed by atoms with Crippen LogP contribution in [0.25, 0.3) is 0 Å². The third kappa shape index (κ3) is 3.38. The van der Waals surface area contributed by atoms with Gasteiger partial charge in [0.2, 0.25) is 5.91 Å². The Labute approximate surface area is 124 Å². The van der Waals surface area contributed by atoms with Gasteiger partial charge in [-0.3, -0.25) is 4.79 Å². The molecule has 0 fully saturated rings. The molecule has 0 aliphatic carbocycles. The Morgan fingerprint density at radius 1 is 1.26 bits per heavy atom. The van der Waals surface area contributed by atoms with Crippen molar-refractivity contribution < 1.29 is 4.79 Å². The minimum Gasteiger partial charge on any atom is -0.315 e. The zero-order chi connectivity index (χ0) is 14.0. The summed E-state index contributed by atoms with van der Waals surface area (Å²) in [6, 6.07) is 6.50. The predicted molar refractivity (Wildman–Crippen MR) is 83.9 cm³/mol. The number of anilines is 1. The van der Waals surface area contributed by atoms with Crippen molar-refractivity contribution in [3.63, 3.8) is 0 Å². The number of rotatable bonds is 4. The van der Waals surface area contributed by atoms with Crippen molar-refractivity contribution in [1.82, 2.24) is 0 Å². The normalized spacial score (nSPS) is 16.7. The highest BCUT2D eigenvalue weighted by atomic mass is 79.9. The first kappa shape index (κ1) is 14.6. The smallest absolute Gasteiger partial charge is 0.227 e. The highest BCUT2D eigenvalue weighted by Crippen LogP contribution is 2.34. The van der Waals surface area contributed by atoms with E-state index in [4.69, 9.17) is 0 Å². The number of amides is 1. The summed E-state index contributed by atoms with van der Waals surface area (Å²) in [5.41, 5.74) is 3.71. The first-order valence-electron chi connectivity index (χ1n) is 7.02. The van der Waals surface area contributed by atoms with Gasteiger partial charge in [0.15, 0.2) is 0 Å². The molecule has 0 radical (unpaired) electrons. The van der Waals surface area contributed by atoms with Gasteiger partial charge in [0.25, 0.3) is 0 Å². The molecule has 1 unspecified atom stereocenters. The van der Waals surface area contributed by atoms with Gasteiger partial charge in [-0.15, -0.1) is 0 Å². The van der Waals surface area contributed by atoms with Crippen LogP contribution >= 0.6 is 15.9 Å². The van der Waals surface area contributed by atoms with Crippen LogP contribution in [0.4, 0.5) is 5.69 Å². The Morgan fingerprint density at radius 2 is 2.00 bits per heavy atom. The number of halogens is 1. The summed E-state index contributed by atoms with van der Waals surface area (Å²) in [5, 5.41) is 0. The Kier molecular flexibility index (Phi) is 4.67. The van der Waals surface area contributed by atoms with Crippen LogP contribution in [0.3, 0.4) is 0 Å². The lowest BCUT2D eigenvalue weighted by Gasteiger charge is -2.26. The van der Waals surface area contributed by atoms with Crippen molar-refractivity contribution >= 4 is 27.5 Å². The molecule has 1 aliphatic heterocycles. The van der Waals surface area contributed by atoms with Crippen molar-refractivity contribution in [3.05, 3.63) is 29.3 Å². The second-order valence-corrected chi connectivity index (χ2v) is 6.88. The zero-order valence-corrected chi connectivity index (χ0v) is 13.5. The molecule has 1 aromatic carbocycles. The van der Waals surface area contributed by atoms with Gasteiger partial charge in [0, 0.05) is 24.0 Å². The molecule has 1 aliphatic rings. The minimum atomic E-state index is 0.218. The summed E-state index contributed by atoms with van der Waals surface area (Å²) in [4.78, 5) is 13.9.